The lowest BCUT2D eigenvalue weighted by Gasteiger charge is -2.12. The van der Waals surface area contributed by atoms with Gasteiger partial charge in [0.2, 0.25) is 0 Å². The summed E-state index contributed by atoms with van der Waals surface area (Å²) in [5.41, 5.74) is 4.01. The molecular formula is C28H31ClN6O10. The van der Waals surface area contributed by atoms with Gasteiger partial charge in [0.05, 0.1) is 9.85 Å². The fourth-order valence-electron chi connectivity index (χ4n) is 2.93. The summed E-state index contributed by atoms with van der Waals surface area (Å²) in [6, 6.07) is 13.5. The number of nitrogens with two attached hydrogens (primary N) is 1. The number of non-ortho nitro benzene ring substituents is 2. The van der Waals surface area contributed by atoms with E-state index in [9.17, 15) is 29.8 Å². The minimum Gasteiger partial charge on any atom is -0.414 e. The van der Waals surface area contributed by atoms with Crippen LogP contribution in [0.1, 0.15) is 53.1 Å². The highest BCUT2D eigenvalue weighted by atomic mass is 35.5. The molecule has 0 unspecified atom stereocenters. The summed E-state index contributed by atoms with van der Waals surface area (Å²) in [7, 11) is 0. The smallest absolute Gasteiger partial charge is 0.414 e. The second-order valence-electron chi connectivity index (χ2n) is 11.0. The summed E-state index contributed by atoms with van der Waals surface area (Å²) < 4.78 is 19.5. The lowest BCUT2D eigenvalue weighted by atomic mass is 9.93. The van der Waals surface area contributed by atoms with E-state index in [0.717, 1.165) is 5.76 Å². The Bertz CT molecular complexity index is 1600. The number of hydrogen-bond acceptors (Lipinski definition) is 13. The molecule has 0 aliphatic heterocycles. The van der Waals surface area contributed by atoms with Crippen molar-refractivity contribution in [1.29, 1.82) is 0 Å². The average Bonchev–Trinajstić information content (AvgIpc) is 3.59. The molecule has 3 N–H and O–H groups in total. The topological polar surface area (TPSA) is 229 Å². The molecule has 0 bridgehead atoms. The van der Waals surface area contributed by atoms with Crippen LogP contribution in [0.5, 0.6) is 11.5 Å². The fourth-order valence-corrected chi connectivity index (χ4v) is 3.02. The number of ether oxygens (including phenoxy) is 2. The van der Waals surface area contributed by atoms with Crippen molar-refractivity contribution in [2.75, 3.05) is 11.1 Å². The van der Waals surface area contributed by atoms with E-state index < -0.39 is 21.4 Å². The van der Waals surface area contributed by atoms with Crippen LogP contribution < -0.4 is 20.5 Å². The Morgan fingerprint density at radius 3 is 1.53 bits per heavy atom. The zero-order valence-electron chi connectivity index (χ0n) is 25.1. The number of amides is 1. The molecule has 1 amide bonds. The van der Waals surface area contributed by atoms with E-state index in [1.165, 1.54) is 48.5 Å². The van der Waals surface area contributed by atoms with Crippen LogP contribution in [0.15, 0.2) is 69.7 Å². The third kappa shape index (κ3) is 12.3. The number of carbonyl (C=O) groups is 2. The van der Waals surface area contributed by atoms with Crippen LogP contribution in [-0.4, -0.2) is 31.7 Å². The maximum absolute atomic E-state index is 11.7. The lowest BCUT2D eigenvalue weighted by Crippen LogP contribution is -2.17. The molecule has 0 atom stereocenters. The Balaban J connectivity index is 0.000000259. The number of hydrogen-bond donors (Lipinski definition) is 2. The number of nitro groups is 2. The van der Waals surface area contributed by atoms with Crippen LogP contribution in [0.4, 0.5) is 32.6 Å². The molecule has 4 rings (SSSR count). The minimum absolute atomic E-state index is 0.00458. The van der Waals surface area contributed by atoms with E-state index in [-0.39, 0.29) is 39.5 Å². The molecule has 0 saturated carbocycles. The van der Waals surface area contributed by atoms with Gasteiger partial charge in [0.25, 0.3) is 11.4 Å². The Kier molecular flexibility index (Phi) is 12.1. The molecule has 0 spiro atoms. The van der Waals surface area contributed by atoms with Crippen molar-refractivity contribution in [3.8, 4) is 11.5 Å². The Hall–Kier alpha value is -5.51. The summed E-state index contributed by atoms with van der Waals surface area (Å²) in [5, 5.41) is 30.5. The molecule has 0 aliphatic rings. The normalized spacial score (nSPS) is 10.7. The molecule has 0 radical (unpaired) electrons. The van der Waals surface area contributed by atoms with Gasteiger partial charge >= 0.3 is 11.5 Å². The average molecular weight is 647 g/mol. The molecule has 16 nitrogen and oxygen atoms in total. The van der Waals surface area contributed by atoms with E-state index >= 15 is 0 Å². The molecule has 2 aromatic carbocycles. The van der Waals surface area contributed by atoms with Gasteiger partial charge in [-0.2, -0.15) is 0 Å². The van der Waals surface area contributed by atoms with Gasteiger partial charge in [-0.1, -0.05) is 51.9 Å². The second kappa shape index (κ2) is 15.3. The van der Waals surface area contributed by atoms with Crippen molar-refractivity contribution in [1.82, 2.24) is 10.3 Å². The maximum Gasteiger partial charge on any atom is 0.418 e. The first-order chi connectivity index (χ1) is 20.8. The van der Waals surface area contributed by atoms with Crippen molar-refractivity contribution in [2.45, 2.75) is 52.4 Å². The largest absolute Gasteiger partial charge is 0.418 e. The van der Waals surface area contributed by atoms with Gasteiger partial charge in [-0.15, -0.1) is 0 Å². The fraction of sp³-hybridized carbons (Fsp3) is 0.286. The second-order valence-corrected chi connectivity index (χ2v) is 11.4. The molecule has 2 aromatic heterocycles. The molecular weight excluding hydrogens is 616 g/mol. The number of anilines is 2. The van der Waals surface area contributed by atoms with Crippen molar-refractivity contribution >= 4 is 46.1 Å². The zero-order valence-corrected chi connectivity index (χ0v) is 25.9. The Morgan fingerprint density at radius 1 is 0.778 bits per heavy atom. The number of nitro benzene ring substituents is 2. The first-order valence-corrected chi connectivity index (χ1v) is 13.3. The predicted octanol–water partition coefficient (Wildman–Crippen LogP) is 7.38. The van der Waals surface area contributed by atoms with Gasteiger partial charge in [-0.3, -0.25) is 25.5 Å². The summed E-state index contributed by atoms with van der Waals surface area (Å²) in [5.74, 6) is 2.48. The van der Waals surface area contributed by atoms with E-state index in [0.29, 0.717) is 11.6 Å². The van der Waals surface area contributed by atoms with Crippen molar-refractivity contribution < 1.29 is 38.0 Å². The Labute approximate surface area is 261 Å². The van der Waals surface area contributed by atoms with E-state index in [1.54, 1.807) is 12.1 Å². The highest BCUT2D eigenvalue weighted by Crippen LogP contribution is 2.25. The highest BCUT2D eigenvalue weighted by Gasteiger charge is 2.21. The van der Waals surface area contributed by atoms with Gasteiger partial charge in [-0.25, -0.2) is 9.59 Å². The standard InChI is InChI=1S/C14H15N3O5.C7H4ClNO4.C7H12N2O/c1-14(2,3)11-8-12(16-22-11)15-13(18)21-10-6-4-9(5-7-10)17(19)20;8-7(10)13-6-3-1-5(2-4-6)9(11)12;1-7(2,3)5-4-6(8)9-10-5/h4-8H,1-3H3,(H,15,16,18);1-4H;4H,1-3H3,(H2,8,9). The van der Waals surface area contributed by atoms with Crippen LogP contribution in [0.2, 0.25) is 0 Å². The van der Waals surface area contributed by atoms with E-state index in [1.807, 2.05) is 41.5 Å². The number of nitrogens with zero attached hydrogens (tertiary/aromatic N) is 4. The molecule has 45 heavy (non-hydrogen) atoms. The first-order valence-electron chi connectivity index (χ1n) is 12.9. The minimum atomic E-state index is -0.978. The zero-order chi connectivity index (χ0) is 33.9. The van der Waals surface area contributed by atoms with Crippen LogP contribution in [0.25, 0.3) is 0 Å². The Morgan fingerprint density at radius 2 is 1.20 bits per heavy atom. The number of rotatable bonds is 5. The van der Waals surface area contributed by atoms with Gasteiger partial charge in [0.15, 0.2) is 11.6 Å². The SMILES string of the molecule is CC(C)(C)c1cc(N)no1.CC(C)(C)c1cc(NC(=O)Oc2ccc([N+](=O)[O-])cc2)no1.O=C(Cl)Oc1ccc([N+](=O)[O-])cc1. The third-order valence-corrected chi connectivity index (χ3v) is 5.33. The predicted molar refractivity (Wildman–Crippen MR) is 163 cm³/mol. The van der Waals surface area contributed by atoms with Crippen LogP contribution >= 0.6 is 11.6 Å². The summed E-state index contributed by atoms with van der Waals surface area (Å²) in [4.78, 5) is 41.6. The number of halogens is 1. The molecule has 4 aromatic rings. The molecule has 0 aliphatic carbocycles. The summed E-state index contributed by atoms with van der Waals surface area (Å²) in [6.45, 7) is 12.0. The van der Waals surface area contributed by atoms with E-state index in [4.69, 9.17) is 31.1 Å². The monoisotopic (exact) mass is 646 g/mol. The molecule has 0 fully saturated rings. The summed E-state index contributed by atoms with van der Waals surface area (Å²) in [6.07, 6.45) is -0.761. The van der Waals surface area contributed by atoms with Crippen molar-refractivity contribution in [3.05, 3.63) is 92.4 Å². The van der Waals surface area contributed by atoms with Gasteiger partial charge < -0.3 is 24.3 Å². The van der Waals surface area contributed by atoms with Crippen LogP contribution in [0, 0.1) is 20.2 Å². The molecule has 2 heterocycles. The van der Waals surface area contributed by atoms with Crippen molar-refractivity contribution in [3.63, 3.8) is 0 Å². The number of benzene rings is 2. The van der Waals surface area contributed by atoms with Gasteiger partial charge in [-0.05, 0) is 24.3 Å². The molecule has 17 heteroatoms. The molecule has 240 valence electrons. The molecule has 0 saturated heterocycles. The number of nitrogens with one attached hydrogen (secondary N) is 1. The lowest BCUT2D eigenvalue weighted by molar-refractivity contribution is -0.385. The quantitative estimate of drug-likeness (QED) is 0.122. The van der Waals surface area contributed by atoms with Crippen LogP contribution in [-0.2, 0) is 10.8 Å². The number of aromatic nitrogens is 2. The summed E-state index contributed by atoms with van der Waals surface area (Å²) >= 11 is 4.92. The van der Waals surface area contributed by atoms with Crippen molar-refractivity contribution in [2.24, 2.45) is 0 Å². The highest BCUT2D eigenvalue weighted by molar-refractivity contribution is 6.61. The van der Waals surface area contributed by atoms with E-state index in [2.05, 4.69) is 20.4 Å². The third-order valence-electron chi connectivity index (χ3n) is 5.25. The maximum atomic E-state index is 11.7. The number of nitrogen functional groups attached to an aromatic ring is 1. The number of carbonyl (C=O) groups excluding carboxylic acids is 2. The van der Waals surface area contributed by atoms with Gasteiger partial charge in [0.1, 0.15) is 23.0 Å². The first kappa shape index (κ1) is 35.7. The van der Waals surface area contributed by atoms with Crippen LogP contribution in [0.3, 0.4) is 0 Å². The van der Waals surface area contributed by atoms with Gasteiger partial charge in [0, 0.05) is 58.8 Å².